The Hall–Kier alpha value is -0.860. The van der Waals surface area contributed by atoms with E-state index in [1.54, 1.807) is 11.3 Å². The highest BCUT2D eigenvalue weighted by Crippen LogP contribution is 2.18. The second-order valence-electron chi connectivity index (χ2n) is 5.02. The van der Waals surface area contributed by atoms with Crippen molar-refractivity contribution in [2.45, 2.75) is 26.4 Å². The van der Waals surface area contributed by atoms with E-state index in [-0.39, 0.29) is 0 Å². The van der Waals surface area contributed by atoms with E-state index in [9.17, 15) is 0 Å². The molecular formula is C15H23N3S. The Balaban J connectivity index is 1.89. The van der Waals surface area contributed by atoms with E-state index in [0.717, 1.165) is 25.2 Å². The average molecular weight is 277 g/mol. The highest BCUT2D eigenvalue weighted by molar-refractivity contribution is 7.10. The molecule has 1 aromatic rings. The lowest BCUT2D eigenvalue weighted by atomic mass is 10.2. The topological polar surface area (TPSA) is 32.5 Å². The van der Waals surface area contributed by atoms with Crippen LogP contribution in [0.15, 0.2) is 11.4 Å². The largest absolute Gasteiger partial charge is 0.320 e. The summed E-state index contributed by atoms with van der Waals surface area (Å²) in [6, 6.07) is 2.86. The fourth-order valence-corrected chi connectivity index (χ4v) is 3.44. The molecular weight excluding hydrogens is 254 g/mol. The van der Waals surface area contributed by atoms with Gasteiger partial charge in [0, 0.05) is 48.0 Å². The van der Waals surface area contributed by atoms with E-state index in [4.69, 9.17) is 5.73 Å². The highest BCUT2D eigenvalue weighted by atomic mass is 32.1. The maximum Gasteiger partial charge on any atom is 0.0555 e. The number of likely N-dealkylation sites (N-methyl/N-ethyl adjacent to an activating group) is 1. The summed E-state index contributed by atoms with van der Waals surface area (Å²) in [5, 5.41) is 2.13. The summed E-state index contributed by atoms with van der Waals surface area (Å²) in [6.07, 6.45) is 0. The van der Waals surface area contributed by atoms with Crippen LogP contribution < -0.4 is 5.73 Å². The van der Waals surface area contributed by atoms with Crippen molar-refractivity contribution in [3.63, 3.8) is 0 Å². The van der Waals surface area contributed by atoms with Gasteiger partial charge in [0.15, 0.2) is 0 Å². The zero-order valence-electron chi connectivity index (χ0n) is 11.9. The molecule has 1 aliphatic rings. The SMILES string of the molecule is CCN1CCN(Cc2cc(C#CCN)cs2)CC1C. The maximum atomic E-state index is 5.39. The van der Waals surface area contributed by atoms with Crippen LogP contribution >= 0.6 is 11.3 Å². The Morgan fingerprint density at radius 1 is 1.47 bits per heavy atom. The van der Waals surface area contributed by atoms with Crippen molar-refractivity contribution in [3.8, 4) is 11.8 Å². The zero-order chi connectivity index (χ0) is 13.7. The van der Waals surface area contributed by atoms with Gasteiger partial charge in [0.05, 0.1) is 6.54 Å². The normalized spacial score (nSPS) is 21.1. The first-order chi connectivity index (χ1) is 9.22. The van der Waals surface area contributed by atoms with E-state index in [1.165, 1.54) is 18.0 Å². The van der Waals surface area contributed by atoms with Crippen LogP contribution in [-0.2, 0) is 6.54 Å². The molecule has 0 aromatic carbocycles. The molecule has 3 nitrogen and oxygen atoms in total. The molecule has 104 valence electrons. The minimum absolute atomic E-state index is 0.432. The van der Waals surface area contributed by atoms with Gasteiger partial charge in [-0.3, -0.25) is 9.80 Å². The molecule has 1 aromatic heterocycles. The number of hydrogen-bond acceptors (Lipinski definition) is 4. The molecule has 0 bridgehead atoms. The average Bonchev–Trinajstić information content (AvgIpc) is 2.84. The molecule has 0 aliphatic carbocycles. The van der Waals surface area contributed by atoms with E-state index >= 15 is 0 Å². The lowest BCUT2D eigenvalue weighted by Crippen LogP contribution is -2.51. The fourth-order valence-electron chi connectivity index (χ4n) is 2.59. The third-order valence-corrected chi connectivity index (χ3v) is 4.54. The number of thiophene rings is 1. The van der Waals surface area contributed by atoms with Gasteiger partial charge in [-0.15, -0.1) is 11.3 Å². The van der Waals surface area contributed by atoms with Gasteiger partial charge in [0.1, 0.15) is 0 Å². The Bertz CT molecular complexity index is 457. The van der Waals surface area contributed by atoms with Gasteiger partial charge in [-0.25, -0.2) is 0 Å². The lowest BCUT2D eigenvalue weighted by Gasteiger charge is -2.39. The summed E-state index contributed by atoms with van der Waals surface area (Å²) in [6.45, 7) is 10.7. The third-order valence-electron chi connectivity index (χ3n) is 3.62. The molecule has 1 aliphatic heterocycles. The van der Waals surface area contributed by atoms with Crippen molar-refractivity contribution in [1.82, 2.24) is 9.80 Å². The molecule has 2 N–H and O–H groups in total. The molecule has 19 heavy (non-hydrogen) atoms. The number of nitrogens with zero attached hydrogens (tertiary/aromatic N) is 2. The first-order valence-corrected chi connectivity index (χ1v) is 7.83. The van der Waals surface area contributed by atoms with Gasteiger partial charge in [-0.2, -0.15) is 0 Å². The first kappa shape index (κ1) is 14.5. The van der Waals surface area contributed by atoms with Gasteiger partial charge >= 0.3 is 0 Å². The Kier molecular flexibility index (Phi) is 5.41. The molecule has 0 saturated carbocycles. The van der Waals surface area contributed by atoms with Crippen molar-refractivity contribution in [1.29, 1.82) is 0 Å². The smallest absolute Gasteiger partial charge is 0.0555 e. The highest BCUT2D eigenvalue weighted by Gasteiger charge is 2.22. The molecule has 2 heterocycles. The van der Waals surface area contributed by atoms with Gasteiger partial charge < -0.3 is 5.73 Å². The lowest BCUT2D eigenvalue weighted by molar-refractivity contribution is 0.0841. The summed E-state index contributed by atoms with van der Waals surface area (Å²) in [5.41, 5.74) is 6.49. The minimum Gasteiger partial charge on any atom is -0.320 e. The van der Waals surface area contributed by atoms with Gasteiger partial charge in [0.2, 0.25) is 0 Å². The standard InChI is InChI=1S/C15H23N3S/c1-3-18-8-7-17(10-13(18)2)11-15-9-14(12-19-15)5-4-6-16/h9,12-13H,3,6-8,10-11,16H2,1-2H3. The van der Waals surface area contributed by atoms with Crippen LogP contribution in [0.1, 0.15) is 24.3 Å². The minimum atomic E-state index is 0.432. The number of hydrogen-bond donors (Lipinski definition) is 1. The molecule has 1 atom stereocenters. The van der Waals surface area contributed by atoms with Crippen LogP contribution in [0.5, 0.6) is 0 Å². The fraction of sp³-hybridized carbons (Fsp3) is 0.600. The molecule has 1 saturated heterocycles. The second kappa shape index (κ2) is 7.06. The zero-order valence-corrected chi connectivity index (χ0v) is 12.7. The van der Waals surface area contributed by atoms with Gasteiger partial charge in [0.25, 0.3) is 0 Å². The van der Waals surface area contributed by atoms with Gasteiger partial charge in [-0.1, -0.05) is 18.8 Å². The Morgan fingerprint density at radius 2 is 2.32 bits per heavy atom. The summed E-state index contributed by atoms with van der Waals surface area (Å²) in [5.74, 6) is 6.00. The van der Waals surface area contributed by atoms with Crippen LogP contribution in [-0.4, -0.2) is 48.6 Å². The van der Waals surface area contributed by atoms with Crippen molar-refractivity contribution in [2.24, 2.45) is 5.73 Å². The van der Waals surface area contributed by atoms with E-state index in [2.05, 4.69) is 46.9 Å². The van der Waals surface area contributed by atoms with Crippen molar-refractivity contribution >= 4 is 11.3 Å². The van der Waals surface area contributed by atoms with E-state index in [0.29, 0.717) is 12.6 Å². The number of piperazine rings is 1. The van der Waals surface area contributed by atoms with Crippen LogP contribution in [0.3, 0.4) is 0 Å². The molecule has 1 fully saturated rings. The van der Waals surface area contributed by atoms with Crippen LogP contribution in [0.4, 0.5) is 0 Å². The van der Waals surface area contributed by atoms with Crippen LogP contribution in [0.2, 0.25) is 0 Å². The van der Waals surface area contributed by atoms with Crippen molar-refractivity contribution in [3.05, 3.63) is 21.9 Å². The van der Waals surface area contributed by atoms with Crippen molar-refractivity contribution in [2.75, 3.05) is 32.7 Å². The quantitative estimate of drug-likeness (QED) is 0.852. The van der Waals surface area contributed by atoms with E-state index < -0.39 is 0 Å². The molecule has 2 rings (SSSR count). The Labute approximate surface area is 120 Å². The van der Waals surface area contributed by atoms with Crippen LogP contribution in [0, 0.1) is 11.8 Å². The second-order valence-corrected chi connectivity index (χ2v) is 6.02. The third kappa shape index (κ3) is 4.05. The first-order valence-electron chi connectivity index (χ1n) is 6.95. The predicted octanol–water partition coefficient (Wildman–Crippen LogP) is 1.58. The Morgan fingerprint density at radius 3 is 3.00 bits per heavy atom. The summed E-state index contributed by atoms with van der Waals surface area (Å²) < 4.78 is 0. The van der Waals surface area contributed by atoms with Crippen LogP contribution in [0.25, 0.3) is 0 Å². The number of nitrogens with two attached hydrogens (primary N) is 1. The maximum absolute atomic E-state index is 5.39. The van der Waals surface area contributed by atoms with Gasteiger partial charge in [-0.05, 0) is 19.5 Å². The molecule has 1 unspecified atom stereocenters. The predicted molar refractivity (Wildman–Crippen MR) is 82.2 cm³/mol. The molecule has 0 spiro atoms. The molecule has 0 radical (unpaired) electrons. The molecule has 4 heteroatoms. The van der Waals surface area contributed by atoms with E-state index in [1.807, 2.05) is 0 Å². The number of rotatable bonds is 3. The summed E-state index contributed by atoms with van der Waals surface area (Å²) in [4.78, 5) is 6.49. The summed E-state index contributed by atoms with van der Waals surface area (Å²) in [7, 11) is 0. The summed E-state index contributed by atoms with van der Waals surface area (Å²) >= 11 is 1.80. The van der Waals surface area contributed by atoms with Crippen molar-refractivity contribution < 1.29 is 0 Å². The molecule has 0 amide bonds. The monoisotopic (exact) mass is 277 g/mol.